The summed E-state index contributed by atoms with van der Waals surface area (Å²) < 4.78 is 25.6. The first-order valence-corrected chi connectivity index (χ1v) is 4.12. The van der Waals surface area contributed by atoms with Crippen molar-refractivity contribution in [1.29, 1.82) is 0 Å². The van der Waals surface area contributed by atoms with Gasteiger partial charge in [0.15, 0.2) is 0 Å². The van der Waals surface area contributed by atoms with Crippen molar-refractivity contribution in [2.75, 3.05) is 0 Å². The maximum absolute atomic E-state index is 13.1. The van der Waals surface area contributed by atoms with Gasteiger partial charge in [-0.1, -0.05) is 6.07 Å². The third-order valence-corrected chi connectivity index (χ3v) is 2.16. The van der Waals surface area contributed by atoms with E-state index in [0.29, 0.717) is 0 Å². The van der Waals surface area contributed by atoms with E-state index in [0.717, 1.165) is 6.07 Å². The van der Waals surface area contributed by atoms with E-state index in [9.17, 15) is 13.6 Å². The van der Waals surface area contributed by atoms with E-state index >= 15 is 0 Å². The molecule has 0 atom stereocenters. The molecule has 0 spiro atoms. The number of hydrogen-bond donors (Lipinski definition) is 0. The van der Waals surface area contributed by atoms with Gasteiger partial charge in [-0.15, -0.1) is 0 Å². The molecule has 0 fully saturated rings. The Labute approximate surface area is 81.4 Å². The highest BCUT2D eigenvalue weighted by molar-refractivity contribution is 9.10. The normalized spacial score (nSPS) is 9.46. The van der Waals surface area contributed by atoms with Crippen molar-refractivity contribution in [3.63, 3.8) is 0 Å². The molecule has 2 nitrogen and oxygen atoms in total. The topological polar surface area (TPSA) is 29.4 Å². The molecule has 68 valence electrons. The van der Waals surface area contributed by atoms with E-state index in [2.05, 4.69) is 20.9 Å². The van der Waals surface area contributed by atoms with Crippen LogP contribution in [0, 0.1) is 11.6 Å². The first-order valence-electron chi connectivity index (χ1n) is 3.33. The smallest absolute Gasteiger partial charge is 0.211 e. The van der Waals surface area contributed by atoms with Gasteiger partial charge < -0.3 is 0 Å². The molecule has 1 rings (SSSR count). The first-order chi connectivity index (χ1) is 6.16. The van der Waals surface area contributed by atoms with E-state index in [4.69, 9.17) is 0 Å². The molecule has 5 heteroatoms. The van der Waals surface area contributed by atoms with E-state index in [1.165, 1.54) is 12.1 Å². The van der Waals surface area contributed by atoms with Crippen LogP contribution in [0.2, 0.25) is 0 Å². The molecule has 0 radical (unpaired) electrons. The fourth-order valence-corrected chi connectivity index (χ4v) is 1.19. The minimum Gasteiger partial charge on any atom is -0.211 e. The number of benzene rings is 1. The number of halogens is 3. The van der Waals surface area contributed by atoms with Gasteiger partial charge in [-0.25, -0.2) is 18.6 Å². The van der Waals surface area contributed by atoms with Gasteiger partial charge in [0.2, 0.25) is 6.08 Å². The molecule has 0 aliphatic rings. The van der Waals surface area contributed by atoms with Crippen LogP contribution in [0.25, 0.3) is 0 Å². The zero-order valence-electron chi connectivity index (χ0n) is 6.35. The van der Waals surface area contributed by atoms with Crippen molar-refractivity contribution in [3.05, 3.63) is 33.8 Å². The Morgan fingerprint density at radius 3 is 2.77 bits per heavy atom. The maximum atomic E-state index is 13.1. The Kier molecular flexibility index (Phi) is 3.28. The molecule has 1 aromatic rings. The van der Waals surface area contributed by atoms with Gasteiger partial charge in [-0.2, -0.15) is 0 Å². The summed E-state index contributed by atoms with van der Waals surface area (Å²) in [6.45, 7) is -0.131. The lowest BCUT2D eigenvalue weighted by molar-refractivity contribution is 0.556. The third kappa shape index (κ3) is 2.20. The van der Waals surface area contributed by atoms with Crippen LogP contribution in [0.1, 0.15) is 5.56 Å². The number of rotatable bonds is 2. The number of aliphatic imine (C=N–C) groups is 1. The second kappa shape index (κ2) is 4.25. The molecule has 0 aliphatic carbocycles. The second-order valence-electron chi connectivity index (χ2n) is 2.24. The maximum Gasteiger partial charge on any atom is 0.235 e. The molecule has 0 bridgehead atoms. The summed E-state index contributed by atoms with van der Waals surface area (Å²) in [6.07, 6.45) is 1.28. The molecule has 0 aliphatic heterocycles. The lowest BCUT2D eigenvalue weighted by Crippen LogP contribution is -1.92. The Bertz CT molecular complexity index is 375. The molecule has 0 saturated heterocycles. The lowest BCUT2D eigenvalue weighted by Gasteiger charge is -2.01. The summed E-state index contributed by atoms with van der Waals surface area (Å²) in [5.74, 6) is -1.42. The summed E-state index contributed by atoms with van der Waals surface area (Å²) in [5, 5.41) is 0. The fraction of sp³-hybridized carbons (Fsp3) is 0.125. The van der Waals surface area contributed by atoms with E-state index < -0.39 is 11.6 Å². The predicted molar refractivity (Wildman–Crippen MR) is 45.9 cm³/mol. The predicted octanol–water partition coefficient (Wildman–Crippen LogP) is 2.56. The molecule has 0 unspecified atom stereocenters. The van der Waals surface area contributed by atoms with Crippen LogP contribution in [0.15, 0.2) is 21.6 Å². The van der Waals surface area contributed by atoms with Gasteiger partial charge in [-0.05, 0) is 22.0 Å². The van der Waals surface area contributed by atoms with Gasteiger partial charge in [0.1, 0.15) is 11.6 Å². The summed E-state index contributed by atoms with van der Waals surface area (Å²) >= 11 is 2.73. The average Bonchev–Trinajstić information content (AvgIpc) is 2.13. The number of nitrogens with zero attached hydrogens (tertiary/aromatic N) is 1. The Balaban J connectivity index is 3.10. The van der Waals surface area contributed by atoms with Gasteiger partial charge in [0.25, 0.3) is 0 Å². The summed E-state index contributed by atoms with van der Waals surface area (Å²) in [5.41, 5.74) is 0.150. The van der Waals surface area contributed by atoms with Crippen LogP contribution in [0.5, 0.6) is 0 Å². The van der Waals surface area contributed by atoms with Gasteiger partial charge in [0, 0.05) is 5.56 Å². The minimum atomic E-state index is -0.737. The largest absolute Gasteiger partial charge is 0.235 e. The Morgan fingerprint density at radius 2 is 2.15 bits per heavy atom. The van der Waals surface area contributed by atoms with Crippen molar-refractivity contribution >= 4 is 22.0 Å². The Morgan fingerprint density at radius 1 is 1.46 bits per heavy atom. The third-order valence-electron chi connectivity index (χ3n) is 1.43. The van der Waals surface area contributed by atoms with E-state index in [1.807, 2.05) is 0 Å². The number of isocyanates is 1. The van der Waals surface area contributed by atoms with Gasteiger partial charge in [-0.3, -0.25) is 0 Å². The highest BCUT2D eigenvalue weighted by Gasteiger charge is 2.09. The van der Waals surface area contributed by atoms with Crippen LogP contribution in [-0.4, -0.2) is 6.08 Å². The zero-order valence-corrected chi connectivity index (χ0v) is 7.94. The zero-order chi connectivity index (χ0) is 9.84. The SMILES string of the molecule is O=C=NCc1ccc(F)c(Br)c1F. The van der Waals surface area contributed by atoms with Crippen LogP contribution < -0.4 is 0 Å². The summed E-state index contributed by atoms with van der Waals surface area (Å²) in [4.78, 5) is 12.9. The highest BCUT2D eigenvalue weighted by Crippen LogP contribution is 2.22. The standard InChI is InChI=1S/C8H4BrF2NO/c9-7-6(10)2-1-5(8(7)11)3-12-4-13/h1-2H,3H2. The van der Waals surface area contributed by atoms with Crippen molar-refractivity contribution in [2.24, 2.45) is 4.99 Å². The molecule has 0 aromatic heterocycles. The van der Waals surface area contributed by atoms with Crippen LogP contribution >= 0.6 is 15.9 Å². The van der Waals surface area contributed by atoms with Crippen molar-refractivity contribution < 1.29 is 13.6 Å². The lowest BCUT2D eigenvalue weighted by atomic mass is 10.2. The van der Waals surface area contributed by atoms with Crippen LogP contribution in [0.4, 0.5) is 8.78 Å². The van der Waals surface area contributed by atoms with Gasteiger partial charge in [0.05, 0.1) is 11.0 Å². The van der Waals surface area contributed by atoms with Crippen molar-refractivity contribution in [1.82, 2.24) is 0 Å². The molecule has 13 heavy (non-hydrogen) atoms. The molecular weight excluding hydrogens is 244 g/mol. The highest BCUT2D eigenvalue weighted by atomic mass is 79.9. The molecule has 0 saturated carbocycles. The molecule has 0 amide bonds. The van der Waals surface area contributed by atoms with Crippen LogP contribution in [-0.2, 0) is 11.3 Å². The monoisotopic (exact) mass is 247 g/mol. The molecular formula is C8H4BrF2NO. The fourth-order valence-electron chi connectivity index (χ4n) is 0.805. The first kappa shape index (κ1) is 10.0. The summed E-state index contributed by atoms with van der Waals surface area (Å²) in [7, 11) is 0. The van der Waals surface area contributed by atoms with E-state index in [1.54, 1.807) is 0 Å². The molecule has 1 aromatic carbocycles. The minimum absolute atomic E-state index is 0.131. The van der Waals surface area contributed by atoms with Gasteiger partial charge >= 0.3 is 0 Å². The van der Waals surface area contributed by atoms with Crippen LogP contribution in [0.3, 0.4) is 0 Å². The number of carbonyl (C=O) groups excluding carboxylic acids is 1. The second-order valence-corrected chi connectivity index (χ2v) is 3.03. The molecule has 0 N–H and O–H groups in total. The van der Waals surface area contributed by atoms with Crippen molar-refractivity contribution in [2.45, 2.75) is 6.54 Å². The van der Waals surface area contributed by atoms with Crippen molar-refractivity contribution in [3.8, 4) is 0 Å². The quantitative estimate of drug-likeness (QED) is 0.449. The van der Waals surface area contributed by atoms with E-state index in [-0.39, 0.29) is 16.6 Å². The summed E-state index contributed by atoms with van der Waals surface area (Å²) in [6, 6.07) is 2.33. The molecule has 0 heterocycles. The average molecular weight is 248 g/mol. The number of hydrogen-bond acceptors (Lipinski definition) is 2. The Hall–Kier alpha value is -1.06.